The quantitative estimate of drug-likeness (QED) is 0.709. The Balaban J connectivity index is 1.56. The van der Waals surface area contributed by atoms with Crippen LogP contribution in [0.15, 0.2) is 18.2 Å². The summed E-state index contributed by atoms with van der Waals surface area (Å²) < 4.78 is 28.5. The number of imide groups is 1. The third kappa shape index (κ3) is 4.20. The van der Waals surface area contributed by atoms with E-state index in [1.165, 1.54) is 7.05 Å². The average Bonchev–Trinajstić information content (AvgIpc) is 3.38. The number of rotatable bonds is 5. The van der Waals surface area contributed by atoms with Gasteiger partial charge in [-0.25, -0.2) is 17.9 Å². The highest BCUT2D eigenvalue weighted by molar-refractivity contribution is 7.90. The second-order valence-corrected chi connectivity index (χ2v) is 11.7. The van der Waals surface area contributed by atoms with E-state index in [1.807, 2.05) is 6.92 Å². The van der Waals surface area contributed by atoms with Crippen molar-refractivity contribution in [2.45, 2.75) is 62.4 Å². The van der Waals surface area contributed by atoms with E-state index in [9.17, 15) is 18.0 Å². The normalized spacial score (nSPS) is 28.5. The Bertz CT molecular complexity index is 976. The summed E-state index contributed by atoms with van der Waals surface area (Å²) in [5, 5.41) is 0.305. The lowest BCUT2D eigenvalue weighted by molar-refractivity contribution is -0.139. The lowest BCUT2D eigenvalue weighted by Gasteiger charge is -2.47. The van der Waals surface area contributed by atoms with E-state index < -0.39 is 21.2 Å². The number of carbonyl (C=O) groups excluding carboxylic acids is 2. The van der Waals surface area contributed by atoms with Gasteiger partial charge in [-0.2, -0.15) is 0 Å². The fourth-order valence-electron chi connectivity index (χ4n) is 4.51. The minimum Gasteiger partial charge on any atom is -0.316 e. The maximum atomic E-state index is 12.9. The van der Waals surface area contributed by atoms with Gasteiger partial charge in [0.1, 0.15) is 0 Å². The molecule has 3 atom stereocenters. The zero-order valence-corrected chi connectivity index (χ0v) is 19.2. The molecular formula is C20H25Cl2N3O4S. The van der Waals surface area contributed by atoms with Gasteiger partial charge >= 0.3 is 6.03 Å². The molecule has 2 aliphatic carbocycles. The Morgan fingerprint density at radius 2 is 1.77 bits per heavy atom. The number of nitrogens with zero attached hydrogens (tertiary/aromatic N) is 2. The predicted octanol–water partition coefficient (Wildman–Crippen LogP) is 3.40. The smallest absolute Gasteiger partial charge is 0.316 e. The Morgan fingerprint density at radius 1 is 1.13 bits per heavy atom. The topological polar surface area (TPSA) is 86.8 Å². The molecular weight excluding hydrogens is 449 g/mol. The number of benzene rings is 1. The monoisotopic (exact) mass is 473 g/mol. The molecule has 10 heteroatoms. The fourth-order valence-corrected chi connectivity index (χ4v) is 7.05. The minimum absolute atomic E-state index is 0.208. The summed E-state index contributed by atoms with van der Waals surface area (Å²) in [5.41, 5.74) is 0.414. The first-order valence-electron chi connectivity index (χ1n) is 10.0. The second kappa shape index (κ2) is 7.65. The van der Waals surface area contributed by atoms with Crippen LogP contribution in [-0.2, 0) is 21.4 Å². The first kappa shape index (κ1) is 21.9. The number of hydrogen-bond acceptors (Lipinski definition) is 4. The number of fused-ring (bicyclic) bond motifs is 1. The van der Waals surface area contributed by atoms with E-state index in [4.69, 9.17) is 23.2 Å². The molecule has 0 bridgehead atoms. The van der Waals surface area contributed by atoms with Crippen LogP contribution in [0.2, 0.25) is 10.0 Å². The van der Waals surface area contributed by atoms with Crippen molar-refractivity contribution in [2.24, 2.45) is 5.92 Å². The molecule has 1 saturated heterocycles. The van der Waals surface area contributed by atoms with Gasteiger partial charge < -0.3 is 4.90 Å². The molecule has 4 rings (SSSR count). The van der Waals surface area contributed by atoms with Crippen LogP contribution >= 0.6 is 23.2 Å². The summed E-state index contributed by atoms with van der Waals surface area (Å²) in [5.74, 6) is -0.868. The number of sulfonamides is 1. The van der Waals surface area contributed by atoms with Gasteiger partial charge in [0.25, 0.3) is 0 Å². The third-order valence-corrected chi connectivity index (χ3v) is 8.97. The lowest BCUT2D eigenvalue weighted by Crippen LogP contribution is -2.62. The third-order valence-electron chi connectivity index (χ3n) is 6.45. The SMILES string of the molecule is CN1C(=O)C2CC(S(=O)(=O)NC3(C)CC3)CCC2N(Cc2cc(Cl)cc(Cl)c2)C1=O. The fraction of sp³-hybridized carbons (Fsp3) is 0.600. The van der Waals surface area contributed by atoms with Gasteiger partial charge in [-0.05, 0) is 62.8 Å². The number of nitrogens with one attached hydrogen (secondary N) is 1. The van der Waals surface area contributed by atoms with Crippen LogP contribution < -0.4 is 4.72 Å². The lowest BCUT2D eigenvalue weighted by atomic mass is 9.80. The molecule has 0 spiro atoms. The van der Waals surface area contributed by atoms with Gasteiger partial charge in [0, 0.05) is 35.2 Å². The zero-order chi connectivity index (χ0) is 21.8. The highest BCUT2D eigenvalue weighted by Crippen LogP contribution is 2.40. The van der Waals surface area contributed by atoms with Crippen molar-refractivity contribution in [3.05, 3.63) is 33.8 Å². The number of halogens is 2. The summed E-state index contributed by atoms with van der Waals surface area (Å²) in [7, 11) is -2.09. The molecule has 0 radical (unpaired) electrons. The summed E-state index contributed by atoms with van der Waals surface area (Å²) in [6, 6.07) is 4.36. The second-order valence-electron chi connectivity index (χ2n) is 8.90. The number of urea groups is 1. The Morgan fingerprint density at radius 3 is 2.37 bits per heavy atom. The molecule has 3 unspecified atom stereocenters. The van der Waals surface area contributed by atoms with E-state index in [0.717, 1.165) is 23.3 Å². The summed E-state index contributed by atoms with van der Waals surface area (Å²) in [4.78, 5) is 28.5. The molecule has 1 heterocycles. The highest BCUT2D eigenvalue weighted by atomic mass is 35.5. The molecule has 1 N–H and O–H groups in total. The van der Waals surface area contributed by atoms with Crippen molar-refractivity contribution in [2.75, 3.05) is 7.05 Å². The van der Waals surface area contributed by atoms with Gasteiger partial charge in [0.2, 0.25) is 15.9 Å². The van der Waals surface area contributed by atoms with Crippen LogP contribution in [0.5, 0.6) is 0 Å². The molecule has 164 valence electrons. The molecule has 1 aliphatic heterocycles. The van der Waals surface area contributed by atoms with Crippen molar-refractivity contribution in [1.29, 1.82) is 0 Å². The Labute approximate surface area is 186 Å². The van der Waals surface area contributed by atoms with Crippen LogP contribution in [0.25, 0.3) is 0 Å². The maximum Gasteiger partial charge on any atom is 0.327 e. The molecule has 3 fully saturated rings. The molecule has 0 aromatic heterocycles. The molecule has 3 aliphatic rings. The molecule has 1 aromatic carbocycles. The van der Waals surface area contributed by atoms with Crippen molar-refractivity contribution in [3.63, 3.8) is 0 Å². The molecule has 2 saturated carbocycles. The van der Waals surface area contributed by atoms with Crippen molar-refractivity contribution in [3.8, 4) is 0 Å². The standard InChI is InChI=1S/C20H25Cl2N3O4S/c1-20(5-6-20)23-30(28,29)15-3-4-17-16(10-15)18(26)24(2)19(27)25(17)11-12-7-13(21)9-14(22)8-12/h7-9,15-17,23H,3-6,10-11H2,1-2H3. The first-order valence-corrected chi connectivity index (χ1v) is 12.4. The summed E-state index contributed by atoms with van der Waals surface area (Å²) >= 11 is 12.2. The van der Waals surface area contributed by atoms with Gasteiger partial charge in [0.15, 0.2) is 0 Å². The first-order chi connectivity index (χ1) is 14.0. The molecule has 7 nitrogen and oxygen atoms in total. The average molecular weight is 474 g/mol. The number of hydrogen-bond donors (Lipinski definition) is 1. The van der Waals surface area contributed by atoms with E-state index >= 15 is 0 Å². The van der Waals surface area contributed by atoms with Gasteiger partial charge in [0.05, 0.1) is 11.2 Å². The van der Waals surface area contributed by atoms with Gasteiger partial charge in [-0.3, -0.25) is 9.69 Å². The van der Waals surface area contributed by atoms with E-state index in [-0.39, 0.29) is 36.5 Å². The summed E-state index contributed by atoms with van der Waals surface area (Å²) in [6.07, 6.45) is 2.73. The molecule has 30 heavy (non-hydrogen) atoms. The summed E-state index contributed by atoms with van der Waals surface area (Å²) in [6.45, 7) is 2.15. The minimum atomic E-state index is -3.53. The van der Waals surface area contributed by atoms with Crippen LogP contribution in [-0.4, -0.2) is 54.0 Å². The number of amides is 3. The predicted molar refractivity (Wildman–Crippen MR) is 115 cm³/mol. The highest BCUT2D eigenvalue weighted by Gasteiger charge is 2.51. The Hall–Kier alpha value is -1.35. The van der Waals surface area contributed by atoms with E-state index in [0.29, 0.717) is 22.9 Å². The largest absolute Gasteiger partial charge is 0.327 e. The van der Waals surface area contributed by atoms with Crippen LogP contribution in [0.3, 0.4) is 0 Å². The van der Waals surface area contributed by atoms with Gasteiger partial charge in [-0.15, -0.1) is 0 Å². The molecule has 3 amide bonds. The van der Waals surface area contributed by atoms with Crippen molar-refractivity contribution in [1.82, 2.24) is 14.5 Å². The van der Waals surface area contributed by atoms with Crippen molar-refractivity contribution < 1.29 is 18.0 Å². The molecule has 1 aromatic rings. The van der Waals surface area contributed by atoms with E-state index in [2.05, 4.69) is 4.72 Å². The number of carbonyl (C=O) groups is 2. The Kier molecular flexibility index (Phi) is 5.58. The van der Waals surface area contributed by atoms with Gasteiger partial charge in [-0.1, -0.05) is 23.2 Å². The maximum absolute atomic E-state index is 12.9. The van der Waals surface area contributed by atoms with E-state index in [1.54, 1.807) is 23.1 Å². The zero-order valence-electron chi connectivity index (χ0n) is 16.9. The van der Waals surface area contributed by atoms with Crippen LogP contribution in [0.1, 0.15) is 44.6 Å². The van der Waals surface area contributed by atoms with Crippen molar-refractivity contribution >= 4 is 45.2 Å². The van der Waals surface area contributed by atoms with Crippen LogP contribution in [0, 0.1) is 5.92 Å². The van der Waals surface area contributed by atoms with Crippen LogP contribution in [0.4, 0.5) is 4.79 Å².